The summed E-state index contributed by atoms with van der Waals surface area (Å²) in [4.78, 5) is 28.2. The van der Waals surface area contributed by atoms with E-state index in [0.29, 0.717) is 17.3 Å². The fraction of sp³-hybridized carbons (Fsp3) is 0.238. The lowest BCUT2D eigenvalue weighted by Crippen LogP contribution is -2.22. The Hall–Kier alpha value is -3.15. The Bertz CT molecular complexity index is 966. The number of hydrogen-bond donors (Lipinski definition) is 2. The Balaban J connectivity index is 2.01. The maximum absolute atomic E-state index is 13.8. The minimum Gasteiger partial charge on any atom is -0.461 e. The Labute approximate surface area is 156 Å². The van der Waals surface area contributed by atoms with Crippen LogP contribution in [0, 0.1) is 5.82 Å². The van der Waals surface area contributed by atoms with E-state index in [9.17, 15) is 14.0 Å². The number of rotatable bonds is 6. The molecule has 2 N–H and O–H groups in total. The second-order valence-corrected chi connectivity index (χ2v) is 6.15. The molecule has 0 fully saturated rings. The number of ether oxygens (including phenoxy) is 1. The van der Waals surface area contributed by atoms with Crippen molar-refractivity contribution in [3.8, 4) is 0 Å². The summed E-state index contributed by atoms with van der Waals surface area (Å²) in [6.07, 6.45) is 0.585. The number of hydrogen-bond acceptors (Lipinski definition) is 3. The number of anilines is 1. The highest BCUT2D eigenvalue weighted by molar-refractivity contribution is 6.11. The summed E-state index contributed by atoms with van der Waals surface area (Å²) in [5.41, 5.74) is 1.76. The van der Waals surface area contributed by atoms with Gasteiger partial charge in [0.1, 0.15) is 11.5 Å². The largest absolute Gasteiger partial charge is 0.461 e. The molecule has 1 unspecified atom stereocenters. The van der Waals surface area contributed by atoms with E-state index in [4.69, 9.17) is 4.74 Å². The number of aromatic nitrogens is 1. The third kappa shape index (κ3) is 3.84. The Kier molecular flexibility index (Phi) is 5.54. The molecule has 0 aliphatic heterocycles. The zero-order valence-electron chi connectivity index (χ0n) is 15.2. The number of halogens is 1. The monoisotopic (exact) mass is 368 g/mol. The van der Waals surface area contributed by atoms with Crippen molar-refractivity contribution in [1.82, 2.24) is 4.98 Å². The van der Waals surface area contributed by atoms with E-state index in [2.05, 4.69) is 10.3 Å². The van der Waals surface area contributed by atoms with E-state index in [1.54, 1.807) is 6.92 Å². The number of fused-ring (bicyclic) bond motifs is 1. The smallest absolute Gasteiger partial charge is 0.356 e. The van der Waals surface area contributed by atoms with Crippen molar-refractivity contribution >= 4 is 28.5 Å². The standard InChI is InChI=1S/C21H21FN2O3/c1-3-15(13-8-6-5-7-9-13)20(25)24-18-16-12-14(22)10-11-17(16)23-19(18)21(26)27-4-2/h5-12,15,23H,3-4H2,1-2H3,(H,24,25). The lowest BCUT2D eigenvalue weighted by Gasteiger charge is -2.16. The van der Waals surface area contributed by atoms with Gasteiger partial charge in [-0.1, -0.05) is 37.3 Å². The van der Waals surface area contributed by atoms with Crippen LogP contribution in [0.3, 0.4) is 0 Å². The van der Waals surface area contributed by atoms with Crippen LogP contribution in [0.4, 0.5) is 10.1 Å². The number of amides is 1. The lowest BCUT2D eigenvalue weighted by molar-refractivity contribution is -0.117. The van der Waals surface area contributed by atoms with Crippen molar-refractivity contribution in [2.75, 3.05) is 11.9 Å². The molecule has 2 aromatic carbocycles. The molecule has 3 aromatic rings. The third-order valence-electron chi connectivity index (χ3n) is 4.42. The van der Waals surface area contributed by atoms with Crippen molar-refractivity contribution in [3.05, 3.63) is 65.6 Å². The highest BCUT2D eigenvalue weighted by Crippen LogP contribution is 2.31. The topological polar surface area (TPSA) is 71.2 Å². The maximum Gasteiger partial charge on any atom is 0.356 e. The average Bonchev–Trinajstić information content (AvgIpc) is 3.01. The van der Waals surface area contributed by atoms with E-state index in [1.165, 1.54) is 18.2 Å². The molecule has 1 heterocycles. The van der Waals surface area contributed by atoms with Gasteiger partial charge in [-0.2, -0.15) is 0 Å². The summed E-state index contributed by atoms with van der Waals surface area (Å²) >= 11 is 0. The number of nitrogens with one attached hydrogen (secondary N) is 2. The van der Waals surface area contributed by atoms with Crippen LogP contribution in [0.1, 0.15) is 42.2 Å². The molecule has 0 aliphatic rings. The van der Waals surface area contributed by atoms with Gasteiger partial charge in [-0.25, -0.2) is 9.18 Å². The summed E-state index contributed by atoms with van der Waals surface area (Å²) < 4.78 is 18.8. The molecular formula is C21H21FN2O3. The predicted molar refractivity (Wildman–Crippen MR) is 102 cm³/mol. The first-order chi connectivity index (χ1) is 13.0. The fourth-order valence-electron chi connectivity index (χ4n) is 3.12. The zero-order valence-corrected chi connectivity index (χ0v) is 15.2. The highest BCUT2D eigenvalue weighted by atomic mass is 19.1. The number of carbonyl (C=O) groups is 2. The van der Waals surface area contributed by atoms with Gasteiger partial charge < -0.3 is 15.0 Å². The highest BCUT2D eigenvalue weighted by Gasteiger charge is 2.25. The molecule has 1 amide bonds. The minimum atomic E-state index is -0.600. The zero-order chi connectivity index (χ0) is 19.4. The van der Waals surface area contributed by atoms with E-state index < -0.39 is 11.8 Å². The molecule has 0 radical (unpaired) electrons. The molecule has 140 valence electrons. The number of esters is 1. The Morgan fingerprint density at radius 1 is 1.15 bits per heavy atom. The fourth-order valence-corrected chi connectivity index (χ4v) is 3.12. The van der Waals surface area contributed by atoms with Gasteiger partial charge in [0, 0.05) is 10.9 Å². The van der Waals surface area contributed by atoms with Crippen LogP contribution in [0.15, 0.2) is 48.5 Å². The lowest BCUT2D eigenvalue weighted by atomic mass is 9.95. The number of H-pyrrole nitrogens is 1. The summed E-state index contributed by atoms with van der Waals surface area (Å²) in [5.74, 6) is -1.71. The summed E-state index contributed by atoms with van der Waals surface area (Å²) in [7, 11) is 0. The van der Waals surface area contributed by atoms with Crippen molar-refractivity contribution in [1.29, 1.82) is 0 Å². The van der Waals surface area contributed by atoms with Crippen LogP contribution in [0.2, 0.25) is 0 Å². The first-order valence-corrected chi connectivity index (χ1v) is 8.89. The summed E-state index contributed by atoms with van der Waals surface area (Å²) in [6, 6.07) is 13.5. The number of benzene rings is 2. The molecule has 0 saturated carbocycles. The normalized spacial score (nSPS) is 12.0. The first kappa shape index (κ1) is 18.6. The molecule has 0 saturated heterocycles. The number of carbonyl (C=O) groups excluding carboxylic acids is 2. The van der Waals surface area contributed by atoms with Gasteiger partial charge in [0.05, 0.1) is 18.2 Å². The molecule has 6 heteroatoms. The van der Waals surface area contributed by atoms with Crippen LogP contribution in [-0.2, 0) is 9.53 Å². The van der Waals surface area contributed by atoms with Gasteiger partial charge in [-0.15, -0.1) is 0 Å². The van der Waals surface area contributed by atoms with Gasteiger partial charge in [-0.3, -0.25) is 4.79 Å². The maximum atomic E-state index is 13.8. The van der Waals surface area contributed by atoms with Crippen molar-refractivity contribution in [2.45, 2.75) is 26.2 Å². The first-order valence-electron chi connectivity index (χ1n) is 8.89. The molecule has 3 rings (SSSR count). The van der Waals surface area contributed by atoms with Crippen LogP contribution in [0.5, 0.6) is 0 Å². The number of aromatic amines is 1. The average molecular weight is 368 g/mol. The molecule has 0 aliphatic carbocycles. The molecule has 5 nitrogen and oxygen atoms in total. The van der Waals surface area contributed by atoms with Gasteiger partial charge >= 0.3 is 5.97 Å². The molecule has 1 atom stereocenters. The van der Waals surface area contributed by atoms with Crippen molar-refractivity contribution in [3.63, 3.8) is 0 Å². The molecular weight excluding hydrogens is 347 g/mol. The summed E-state index contributed by atoms with van der Waals surface area (Å²) in [6.45, 7) is 3.80. The minimum absolute atomic E-state index is 0.105. The van der Waals surface area contributed by atoms with Crippen molar-refractivity contribution in [2.24, 2.45) is 0 Å². The van der Waals surface area contributed by atoms with Crippen LogP contribution in [-0.4, -0.2) is 23.5 Å². The van der Waals surface area contributed by atoms with Gasteiger partial charge in [0.15, 0.2) is 0 Å². The Morgan fingerprint density at radius 3 is 2.56 bits per heavy atom. The van der Waals surface area contributed by atoms with Crippen LogP contribution >= 0.6 is 0 Å². The van der Waals surface area contributed by atoms with E-state index in [1.807, 2.05) is 37.3 Å². The van der Waals surface area contributed by atoms with Gasteiger partial charge in [0.25, 0.3) is 0 Å². The van der Waals surface area contributed by atoms with Crippen LogP contribution < -0.4 is 5.32 Å². The second kappa shape index (κ2) is 8.03. The van der Waals surface area contributed by atoms with E-state index >= 15 is 0 Å². The van der Waals surface area contributed by atoms with E-state index in [0.717, 1.165) is 5.56 Å². The SMILES string of the molecule is CCOC(=O)c1[nH]c2ccc(F)cc2c1NC(=O)C(CC)c1ccccc1. The third-order valence-corrected chi connectivity index (χ3v) is 4.42. The van der Waals surface area contributed by atoms with Gasteiger partial charge in [-0.05, 0) is 37.1 Å². The van der Waals surface area contributed by atoms with Crippen LogP contribution in [0.25, 0.3) is 10.9 Å². The molecule has 0 bridgehead atoms. The summed E-state index contributed by atoms with van der Waals surface area (Å²) in [5, 5.41) is 3.24. The van der Waals surface area contributed by atoms with E-state index in [-0.39, 0.29) is 29.8 Å². The molecule has 1 aromatic heterocycles. The predicted octanol–water partition coefficient (Wildman–Crippen LogP) is 4.62. The quantitative estimate of drug-likeness (QED) is 0.624. The Morgan fingerprint density at radius 2 is 1.89 bits per heavy atom. The second-order valence-electron chi connectivity index (χ2n) is 6.15. The van der Waals surface area contributed by atoms with Gasteiger partial charge in [0.2, 0.25) is 5.91 Å². The van der Waals surface area contributed by atoms with Crippen molar-refractivity contribution < 1.29 is 18.7 Å². The molecule has 27 heavy (non-hydrogen) atoms. The molecule has 0 spiro atoms.